The predicted molar refractivity (Wildman–Crippen MR) is 140 cm³/mol. The van der Waals surface area contributed by atoms with Crippen LogP contribution in [0.3, 0.4) is 0 Å². The number of carbonyl (C=O) groups is 2. The average molecular weight is 522 g/mol. The van der Waals surface area contributed by atoms with Crippen molar-refractivity contribution < 1.29 is 27.8 Å². The molecule has 0 aliphatic carbocycles. The Morgan fingerprint density at radius 2 is 1.51 bits per heavy atom. The first-order chi connectivity index (χ1) is 17.9. The number of nitrogens with one attached hydrogen (secondary N) is 4. The van der Waals surface area contributed by atoms with Gasteiger partial charge in [-0.15, -0.1) is 0 Å². The molecule has 2 aromatic carbocycles. The maximum atomic E-state index is 14.6. The fraction of sp³-hybridized carbons (Fsp3) is 0.462. The van der Waals surface area contributed by atoms with E-state index in [0.29, 0.717) is 18.7 Å². The van der Waals surface area contributed by atoms with Gasteiger partial charge in [0.2, 0.25) is 0 Å². The molecule has 0 spiro atoms. The molecule has 0 aliphatic heterocycles. The third-order valence-electron chi connectivity index (χ3n) is 5.39. The van der Waals surface area contributed by atoms with E-state index in [4.69, 9.17) is 15.2 Å². The number of halogens is 2. The quantitative estimate of drug-likeness (QED) is 0.158. The van der Waals surface area contributed by atoms with Crippen LogP contribution >= 0.6 is 0 Å². The van der Waals surface area contributed by atoms with Crippen molar-refractivity contribution in [1.29, 1.82) is 0 Å². The fourth-order valence-corrected chi connectivity index (χ4v) is 3.38. The van der Waals surface area contributed by atoms with E-state index in [-0.39, 0.29) is 23.5 Å². The number of anilines is 2. The maximum Gasteiger partial charge on any atom is 0.411 e. The molecular weight excluding hydrogens is 484 g/mol. The number of esters is 1. The highest BCUT2D eigenvalue weighted by atomic mass is 19.1. The minimum absolute atomic E-state index is 0.0399. The Labute approximate surface area is 216 Å². The molecule has 0 aliphatic rings. The monoisotopic (exact) mass is 521 g/mol. The van der Waals surface area contributed by atoms with Gasteiger partial charge in [0.05, 0.1) is 24.0 Å². The highest BCUT2D eigenvalue weighted by Crippen LogP contribution is 2.26. The summed E-state index contributed by atoms with van der Waals surface area (Å²) in [5.74, 6) is -1.86. The van der Waals surface area contributed by atoms with Gasteiger partial charge in [0.15, 0.2) is 0 Å². The summed E-state index contributed by atoms with van der Waals surface area (Å²) in [6.45, 7) is 4.65. The molecular formula is C26H37F2N5O4. The first-order valence-electron chi connectivity index (χ1n) is 12.4. The van der Waals surface area contributed by atoms with Crippen LogP contribution in [0.2, 0.25) is 0 Å². The van der Waals surface area contributed by atoms with Crippen LogP contribution in [-0.4, -0.2) is 58.4 Å². The number of benzene rings is 2. The van der Waals surface area contributed by atoms with E-state index in [0.717, 1.165) is 65.0 Å². The highest BCUT2D eigenvalue weighted by molar-refractivity contribution is 6.00. The van der Waals surface area contributed by atoms with Crippen LogP contribution in [-0.2, 0) is 16.1 Å². The summed E-state index contributed by atoms with van der Waals surface area (Å²) in [4.78, 5) is 24.4. The second-order valence-electron chi connectivity index (χ2n) is 8.33. The highest BCUT2D eigenvalue weighted by Gasteiger charge is 2.19. The molecule has 6 N–H and O–H groups in total. The van der Waals surface area contributed by atoms with Crippen LogP contribution in [0.1, 0.15) is 41.6 Å². The van der Waals surface area contributed by atoms with Gasteiger partial charge in [-0.05, 0) is 88.2 Å². The zero-order valence-electron chi connectivity index (χ0n) is 21.2. The molecule has 0 fully saturated rings. The molecule has 0 radical (unpaired) electrons. The van der Waals surface area contributed by atoms with Crippen LogP contribution in [0.4, 0.5) is 25.0 Å². The molecule has 0 aromatic heterocycles. The number of nitrogens with two attached hydrogens (primary N) is 1. The van der Waals surface area contributed by atoms with E-state index >= 15 is 0 Å². The van der Waals surface area contributed by atoms with Crippen LogP contribution in [0, 0.1) is 11.6 Å². The number of methoxy groups -OCH3 is 1. The van der Waals surface area contributed by atoms with Gasteiger partial charge in [-0.2, -0.15) is 0 Å². The Balaban J connectivity index is 1.81. The average Bonchev–Trinajstić information content (AvgIpc) is 2.90. The smallest absolute Gasteiger partial charge is 0.411 e. The van der Waals surface area contributed by atoms with Crippen molar-refractivity contribution in [2.75, 3.05) is 57.0 Å². The summed E-state index contributed by atoms with van der Waals surface area (Å²) in [6.07, 6.45) is 3.01. The van der Waals surface area contributed by atoms with Gasteiger partial charge in [0, 0.05) is 6.54 Å². The summed E-state index contributed by atoms with van der Waals surface area (Å²) in [5, 5.41) is 12.1. The van der Waals surface area contributed by atoms with E-state index < -0.39 is 23.7 Å². The molecule has 0 saturated heterocycles. The van der Waals surface area contributed by atoms with E-state index in [9.17, 15) is 18.4 Å². The van der Waals surface area contributed by atoms with Gasteiger partial charge < -0.3 is 31.2 Å². The van der Waals surface area contributed by atoms with Gasteiger partial charge in [0.25, 0.3) is 0 Å². The number of amides is 1. The van der Waals surface area contributed by atoms with Crippen molar-refractivity contribution in [2.45, 2.75) is 32.3 Å². The number of ether oxygens (including phenoxy) is 2. The van der Waals surface area contributed by atoms with Crippen LogP contribution in [0.15, 0.2) is 36.4 Å². The number of rotatable bonds is 17. The number of carbonyl (C=O) groups excluding carboxylic acids is 2. The Kier molecular flexibility index (Phi) is 13.9. The fourth-order valence-electron chi connectivity index (χ4n) is 3.38. The second-order valence-corrected chi connectivity index (χ2v) is 8.33. The molecule has 0 bridgehead atoms. The molecule has 0 saturated carbocycles. The number of hydrogen-bond donors (Lipinski definition) is 5. The predicted octanol–water partition coefficient (Wildman–Crippen LogP) is 3.61. The van der Waals surface area contributed by atoms with Gasteiger partial charge in [-0.1, -0.05) is 12.1 Å². The zero-order chi connectivity index (χ0) is 26.9. The lowest BCUT2D eigenvalue weighted by atomic mass is 10.1. The van der Waals surface area contributed by atoms with E-state index in [2.05, 4.69) is 21.3 Å². The van der Waals surface area contributed by atoms with Crippen LogP contribution < -0.4 is 27.0 Å². The third kappa shape index (κ3) is 11.5. The zero-order valence-corrected chi connectivity index (χ0v) is 21.2. The van der Waals surface area contributed by atoms with Crippen molar-refractivity contribution in [3.63, 3.8) is 0 Å². The Hall–Kier alpha value is -3.28. The largest absolute Gasteiger partial charge is 0.465 e. The Morgan fingerprint density at radius 1 is 0.865 bits per heavy atom. The van der Waals surface area contributed by atoms with Crippen molar-refractivity contribution >= 4 is 23.4 Å². The molecule has 2 rings (SSSR count). The van der Waals surface area contributed by atoms with E-state index in [1.54, 1.807) is 0 Å². The molecule has 0 unspecified atom stereocenters. The maximum absolute atomic E-state index is 14.6. The van der Waals surface area contributed by atoms with Crippen molar-refractivity contribution in [1.82, 2.24) is 10.6 Å². The SMILES string of the molecule is COC(=O)c1cc(F)c(NCCCNCCCCNCCCN)cc1NC(=O)OCc1ccc(F)cc1. The summed E-state index contributed by atoms with van der Waals surface area (Å²) < 4.78 is 37.5. The normalized spacial score (nSPS) is 10.7. The van der Waals surface area contributed by atoms with E-state index in [1.165, 1.54) is 30.3 Å². The molecule has 0 atom stereocenters. The standard InChI is InChI=1S/C26H37F2N5O4/c1-36-25(34)21-16-22(28)24(32-15-5-14-31-12-3-2-11-30-13-4-10-29)17-23(21)33-26(35)37-18-19-6-8-20(27)9-7-19/h6-9,16-17,30-32H,2-5,10-15,18,29H2,1H3,(H,33,35). The summed E-state index contributed by atoms with van der Waals surface area (Å²) in [5.41, 5.74) is 6.06. The molecule has 0 heterocycles. The molecule has 9 nitrogen and oxygen atoms in total. The Morgan fingerprint density at radius 3 is 2.16 bits per heavy atom. The third-order valence-corrected chi connectivity index (χ3v) is 5.39. The lowest BCUT2D eigenvalue weighted by Gasteiger charge is -2.14. The minimum Gasteiger partial charge on any atom is -0.465 e. The topological polar surface area (TPSA) is 127 Å². The summed E-state index contributed by atoms with van der Waals surface area (Å²) in [7, 11) is 1.16. The lowest BCUT2D eigenvalue weighted by Crippen LogP contribution is -2.22. The number of hydrogen-bond acceptors (Lipinski definition) is 8. The summed E-state index contributed by atoms with van der Waals surface area (Å²) in [6, 6.07) is 7.81. The van der Waals surface area contributed by atoms with Crippen molar-refractivity contribution in [3.8, 4) is 0 Å². The molecule has 1 amide bonds. The summed E-state index contributed by atoms with van der Waals surface area (Å²) >= 11 is 0. The van der Waals surface area contributed by atoms with E-state index in [1.807, 2.05) is 0 Å². The van der Waals surface area contributed by atoms with Crippen molar-refractivity contribution in [3.05, 3.63) is 59.2 Å². The first kappa shape index (κ1) is 29.9. The minimum atomic E-state index is -0.856. The number of unbranched alkanes of at least 4 members (excludes halogenated alkanes) is 1. The van der Waals surface area contributed by atoms with Gasteiger partial charge in [-0.25, -0.2) is 18.4 Å². The van der Waals surface area contributed by atoms with Gasteiger partial charge in [0.1, 0.15) is 18.2 Å². The molecule has 37 heavy (non-hydrogen) atoms. The molecule has 11 heteroatoms. The van der Waals surface area contributed by atoms with Crippen molar-refractivity contribution in [2.24, 2.45) is 5.73 Å². The second kappa shape index (κ2) is 17.2. The van der Waals surface area contributed by atoms with Crippen LogP contribution in [0.25, 0.3) is 0 Å². The van der Waals surface area contributed by atoms with Gasteiger partial charge >= 0.3 is 12.1 Å². The molecule has 2 aromatic rings. The molecule has 204 valence electrons. The van der Waals surface area contributed by atoms with Gasteiger partial charge in [-0.3, -0.25) is 5.32 Å². The van der Waals surface area contributed by atoms with Crippen LogP contribution in [0.5, 0.6) is 0 Å². The Bertz CT molecular complexity index is 976. The lowest BCUT2D eigenvalue weighted by molar-refractivity contribution is 0.0601. The first-order valence-corrected chi connectivity index (χ1v) is 12.4.